The fourth-order valence-electron chi connectivity index (χ4n) is 4.08. The van der Waals surface area contributed by atoms with Crippen LogP contribution in [0.1, 0.15) is 31.7 Å². The lowest BCUT2D eigenvalue weighted by molar-refractivity contribution is -0.118. The van der Waals surface area contributed by atoms with Crippen LogP contribution in [0.3, 0.4) is 0 Å². The fourth-order valence-corrected chi connectivity index (χ4v) is 5.99. The number of morpholine rings is 1. The van der Waals surface area contributed by atoms with Crippen molar-refractivity contribution in [1.29, 1.82) is 0 Å². The second-order valence-electron chi connectivity index (χ2n) is 8.37. The first kappa shape index (κ1) is 27.9. The van der Waals surface area contributed by atoms with Crippen molar-refractivity contribution in [2.24, 2.45) is 0 Å². The molecule has 0 unspecified atom stereocenters. The van der Waals surface area contributed by atoms with Crippen molar-refractivity contribution < 1.29 is 13.9 Å². The molecule has 0 atom stereocenters. The number of thioether (sulfide) groups is 1. The highest BCUT2D eigenvalue weighted by atomic mass is 35.5. The molecule has 0 radical (unpaired) electrons. The number of amides is 1. The Hall–Kier alpha value is -1.71. The Kier molecular flexibility index (Phi) is 11.3. The van der Waals surface area contributed by atoms with Crippen LogP contribution in [-0.2, 0) is 16.0 Å². The third kappa shape index (κ3) is 7.89. The summed E-state index contributed by atoms with van der Waals surface area (Å²) in [6, 6.07) is 12.8. The number of hydrogen-bond donors (Lipinski definition) is 0. The Bertz CT molecular complexity index is 1070. The molecule has 0 bridgehead atoms. The molecule has 5 nitrogen and oxygen atoms in total. The van der Waals surface area contributed by atoms with E-state index in [0.717, 1.165) is 78.1 Å². The van der Waals surface area contributed by atoms with Crippen LogP contribution in [0.15, 0.2) is 47.4 Å². The standard InChI is InChI=1S/C26H32FN3O2S2.ClH/c1-2-20-6-3-7-23-25(20)28-26(34-23)30(14-5-13-29-15-17-32-18-16-29)24(31)8-4-19-33-22-11-9-21(27)10-12-22;/h3,6-7,9-12H,2,4-5,8,13-19H2,1H3;1H. The molecular formula is C26H33ClFN3O2S2. The number of halogens is 2. The minimum absolute atomic E-state index is 0. The molecule has 0 spiro atoms. The molecule has 35 heavy (non-hydrogen) atoms. The van der Waals surface area contributed by atoms with Gasteiger partial charge in [0.05, 0.1) is 23.4 Å². The SMILES string of the molecule is CCc1cccc2sc(N(CCCN3CCOCC3)C(=O)CCCSc3ccc(F)cc3)nc12.Cl. The van der Waals surface area contributed by atoms with Crippen molar-refractivity contribution in [1.82, 2.24) is 9.88 Å². The highest BCUT2D eigenvalue weighted by Crippen LogP contribution is 2.32. The normalized spacial score (nSPS) is 14.1. The van der Waals surface area contributed by atoms with Crippen molar-refractivity contribution >= 4 is 56.8 Å². The monoisotopic (exact) mass is 537 g/mol. The lowest BCUT2D eigenvalue weighted by Crippen LogP contribution is -2.39. The Morgan fingerprint density at radius 3 is 2.69 bits per heavy atom. The maximum absolute atomic E-state index is 13.3. The molecule has 1 saturated heterocycles. The van der Waals surface area contributed by atoms with Crippen LogP contribution in [0.4, 0.5) is 9.52 Å². The van der Waals surface area contributed by atoms with Gasteiger partial charge in [-0.05, 0) is 60.9 Å². The fraction of sp³-hybridized carbons (Fsp3) is 0.462. The van der Waals surface area contributed by atoms with Gasteiger partial charge in [-0.1, -0.05) is 30.4 Å². The summed E-state index contributed by atoms with van der Waals surface area (Å²) in [7, 11) is 0. The van der Waals surface area contributed by atoms with Crippen LogP contribution in [0, 0.1) is 5.82 Å². The molecule has 0 saturated carbocycles. The molecule has 9 heteroatoms. The van der Waals surface area contributed by atoms with E-state index < -0.39 is 0 Å². The van der Waals surface area contributed by atoms with Crippen LogP contribution >= 0.6 is 35.5 Å². The number of carbonyl (C=O) groups excluding carboxylic acids is 1. The Morgan fingerprint density at radius 2 is 1.94 bits per heavy atom. The van der Waals surface area contributed by atoms with Crippen molar-refractivity contribution in [3.8, 4) is 0 Å². The summed E-state index contributed by atoms with van der Waals surface area (Å²) in [4.78, 5) is 23.5. The van der Waals surface area contributed by atoms with E-state index in [1.165, 1.54) is 17.7 Å². The smallest absolute Gasteiger partial charge is 0.228 e. The third-order valence-corrected chi connectivity index (χ3v) is 8.12. The van der Waals surface area contributed by atoms with Crippen LogP contribution in [0.5, 0.6) is 0 Å². The number of hydrogen-bond acceptors (Lipinski definition) is 6. The zero-order valence-corrected chi connectivity index (χ0v) is 22.5. The van der Waals surface area contributed by atoms with E-state index in [1.807, 2.05) is 4.90 Å². The molecule has 1 amide bonds. The Labute approximate surface area is 221 Å². The maximum Gasteiger partial charge on any atom is 0.228 e. The molecule has 4 rings (SSSR count). The zero-order chi connectivity index (χ0) is 23.8. The number of carbonyl (C=O) groups is 1. The van der Waals surface area contributed by atoms with E-state index in [1.54, 1.807) is 35.2 Å². The van der Waals surface area contributed by atoms with Gasteiger partial charge in [-0.2, -0.15) is 0 Å². The molecular weight excluding hydrogens is 505 g/mol. The molecule has 1 aliphatic rings. The van der Waals surface area contributed by atoms with Crippen LogP contribution in [0.25, 0.3) is 10.2 Å². The molecule has 2 aromatic carbocycles. The van der Waals surface area contributed by atoms with Gasteiger partial charge >= 0.3 is 0 Å². The molecule has 0 aliphatic carbocycles. The average Bonchev–Trinajstić information content (AvgIpc) is 3.30. The number of thiazole rings is 1. The second-order valence-corrected chi connectivity index (χ2v) is 10.6. The lowest BCUT2D eigenvalue weighted by Gasteiger charge is -2.27. The van der Waals surface area contributed by atoms with E-state index >= 15 is 0 Å². The summed E-state index contributed by atoms with van der Waals surface area (Å²) < 4.78 is 19.7. The number of fused-ring (bicyclic) bond motifs is 1. The molecule has 0 N–H and O–H groups in total. The van der Waals surface area contributed by atoms with Crippen molar-refractivity contribution in [2.75, 3.05) is 50.0 Å². The number of para-hydroxylation sites is 1. The van der Waals surface area contributed by atoms with Gasteiger partial charge in [0.15, 0.2) is 5.13 Å². The van der Waals surface area contributed by atoms with Gasteiger partial charge in [0.2, 0.25) is 5.91 Å². The molecule has 190 valence electrons. The first-order valence-corrected chi connectivity index (χ1v) is 13.8. The Balaban J connectivity index is 0.00000342. The van der Waals surface area contributed by atoms with Gasteiger partial charge in [0.1, 0.15) is 5.82 Å². The summed E-state index contributed by atoms with van der Waals surface area (Å²) in [5.74, 6) is 0.715. The first-order valence-electron chi connectivity index (χ1n) is 12.0. The number of ether oxygens (including phenoxy) is 1. The lowest BCUT2D eigenvalue weighted by atomic mass is 10.1. The van der Waals surface area contributed by atoms with Gasteiger partial charge in [0.25, 0.3) is 0 Å². The first-order chi connectivity index (χ1) is 16.6. The summed E-state index contributed by atoms with van der Waals surface area (Å²) in [6.07, 6.45) is 3.08. The van der Waals surface area contributed by atoms with Gasteiger partial charge < -0.3 is 4.74 Å². The number of aromatic nitrogens is 1. The quantitative estimate of drug-likeness (QED) is 0.220. The summed E-state index contributed by atoms with van der Waals surface area (Å²) >= 11 is 3.26. The highest BCUT2D eigenvalue weighted by molar-refractivity contribution is 7.99. The summed E-state index contributed by atoms with van der Waals surface area (Å²) in [5.41, 5.74) is 2.24. The number of rotatable bonds is 11. The predicted molar refractivity (Wildman–Crippen MR) is 147 cm³/mol. The van der Waals surface area contributed by atoms with Crippen LogP contribution < -0.4 is 4.90 Å². The summed E-state index contributed by atoms with van der Waals surface area (Å²) in [5, 5.41) is 0.800. The van der Waals surface area contributed by atoms with E-state index in [4.69, 9.17) is 9.72 Å². The zero-order valence-electron chi connectivity index (χ0n) is 20.1. The molecule has 1 aliphatic heterocycles. The number of benzene rings is 2. The average molecular weight is 538 g/mol. The number of aryl methyl sites for hydroxylation is 1. The van der Waals surface area contributed by atoms with E-state index in [-0.39, 0.29) is 24.1 Å². The maximum atomic E-state index is 13.3. The van der Waals surface area contributed by atoms with Crippen LogP contribution in [-0.4, -0.2) is 60.9 Å². The molecule has 1 aromatic heterocycles. The van der Waals surface area contributed by atoms with Crippen LogP contribution in [0.2, 0.25) is 0 Å². The topological polar surface area (TPSA) is 45.7 Å². The van der Waals surface area contributed by atoms with Crippen molar-refractivity contribution in [3.63, 3.8) is 0 Å². The highest BCUT2D eigenvalue weighted by Gasteiger charge is 2.21. The molecule has 1 fully saturated rings. The predicted octanol–water partition coefficient (Wildman–Crippen LogP) is 6.05. The number of anilines is 1. The van der Waals surface area contributed by atoms with Gasteiger partial charge in [-0.15, -0.1) is 24.2 Å². The Morgan fingerprint density at radius 1 is 1.17 bits per heavy atom. The van der Waals surface area contributed by atoms with Crippen molar-refractivity contribution in [3.05, 3.63) is 53.8 Å². The minimum Gasteiger partial charge on any atom is -0.379 e. The largest absolute Gasteiger partial charge is 0.379 e. The van der Waals surface area contributed by atoms with E-state index in [2.05, 4.69) is 30.0 Å². The molecule has 2 heterocycles. The van der Waals surface area contributed by atoms with Crippen molar-refractivity contribution in [2.45, 2.75) is 37.5 Å². The minimum atomic E-state index is -0.227. The summed E-state index contributed by atoms with van der Waals surface area (Å²) in [6.45, 7) is 7.24. The van der Waals surface area contributed by atoms with Gasteiger partial charge in [0, 0.05) is 37.5 Å². The number of nitrogens with zero attached hydrogens (tertiary/aromatic N) is 3. The van der Waals surface area contributed by atoms with Gasteiger partial charge in [-0.25, -0.2) is 9.37 Å². The third-order valence-electron chi connectivity index (χ3n) is 5.98. The van der Waals surface area contributed by atoms with E-state index in [9.17, 15) is 9.18 Å². The second kappa shape index (κ2) is 14.1. The van der Waals surface area contributed by atoms with Gasteiger partial charge in [-0.3, -0.25) is 14.6 Å². The molecule has 3 aromatic rings. The van der Waals surface area contributed by atoms with E-state index in [0.29, 0.717) is 13.0 Å².